The summed E-state index contributed by atoms with van der Waals surface area (Å²) < 4.78 is 0. The molecular weight excluding hydrogens is 264 g/mol. The lowest BCUT2D eigenvalue weighted by Crippen LogP contribution is -2.54. The van der Waals surface area contributed by atoms with Crippen LogP contribution in [0.15, 0.2) is 12.4 Å². The predicted molar refractivity (Wildman–Crippen MR) is 81.1 cm³/mol. The molecular formula is C15H22N6. The average Bonchev–Trinajstić information content (AvgIpc) is 2.55. The van der Waals surface area contributed by atoms with Gasteiger partial charge in [-0.25, -0.2) is 9.97 Å². The molecule has 1 unspecified atom stereocenters. The highest BCUT2D eigenvalue weighted by molar-refractivity contribution is 5.49. The Balaban J connectivity index is 1.61. The molecule has 0 spiro atoms. The first-order valence-electron chi connectivity index (χ1n) is 7.66. The largest absolute Gasteiger partial charge is 0.352 e. The number of anilines is 1. The lowest BCUT2D eigenvalue weighted by molar-refractivity contribution is 0.106. The standard InChI is InChI=1S/C15H22N6/c1-19-6-2-3-13(12-19)20-7-9-21(10-8-20)15-14(11-16)17-4-5-18-15/h4-5,13H,2-3,6-10,12H2,1H3. The van der Waals surface area contributed by atoms with Crippen LogP contribution in [0.5, 0.6) is 0 Å². The van der Waals surface area contributed by atoms with Crippen LogP contribution in [0.25, 0.3) is 0 Å². The van der Waals surface area contributed by atoms with Crippen molar-refractivity contribution in [3.8, 4) is 6.07 Å². The second-order valence-electron chi connectivity index (χ2n) is 5.92. The zero-order valence-corrected chi connectivity index (χ0v) is 12.6. The van der Waals surface area contributed by atoms with Crippen LogP contribution in [0.4, 0.5) is 5.82 Å². The van der Waals surface area contributed by atoms with Crippen LogP contribution in [-0.2, 0) is 0 Å². The normalized spacial score (nSPS) is 24.8. The average molecular weight is 286 g/mol. The van der Waals surface area contributed by atoms with Gasteiger partial charge >= 0.3 is 0 Å². The highest BCUT2D eigenvalue weighted by atomic mass is 15.3. The molecule has 0 radical (unpaired) electrons. The summed E-state index contributed by atoms with van der Waals surface area (Å²) in [5.41, 5.74) is 0.434. The Kier molecular flexibility index (Phi) is 4.32. The molecule has 2 fully saturated rings. The van der Waals surface area contributed by atoms with Gasteiger partial charge in [0.2, 0.25) is 0 Å². The number of likely N-dealkylation sites (tertiary alicyclic amines) is 1. The molecule has 0 N–H and O–H groups in total. The number of hydrogen-bond donors (Lipinski definition) is 0. The van der Waals surface area contributed by atoms with Crippen LogP contribution < -0.4 is 4.90 Å². The van der Waals surface area contributed by atoms with Gasteiger partial charge in [0.05, 0.1) is 0 Å². The van der Waals surface area contributed by atoms with Gasteiger partial charge in [-0.15, -0.1) is 0 Å². The Morgan fingerprint density at radius 2 is 1.90 bits per heavy atom. The summed E-state index contributed by atoms with van der Waals surface area (Å²) >= 11 is 0. The van der Waals surface area contributed by atoms with E-state index in [2.05, 4.69) is 37.8 Å². The van der Waals surface area contributed by atoms with Crippen LogP contribution in [0.3, 0.4) is 0 Å². The number of nitriles is 1. The molecule has 1 aromatic rings. The molecule has 1 aromatic heterocycles. The van der Waals surface area contributed by atoms with Gasteiger partial charge in [-0.2, -0.15) is 5.26 Å². The van der Waals surface area contributed by atoms with Gasteiger partial charge < -0.3 is 9.80 Å². The number of piperazine rings is 1. The number of piperidine rings is 1. The smallest absolute Gasteiger partial charge is 0.183 e. The summed E-state index contributed by atoms with van der Waals surface area (Å²) in [7, 11) is 2.21. The zero-order chi connectivity index (χ0) is 14.7. The number of aromatic nitrogens is 2. The molecule has 0 saturated carbocycles. The van der Waals surface area contributed by atoms with Gasteiger partial charge in [0, 0.05) is 51.2 Å². The summed E-state index contributed by atoms with van der Waals surface area (Å²) in [5.74, 6) is 0.736. The van der Waals surface area contributed by atoms with E-state index in [1.54, 1.807) is 12.4 Å². The molecule has 2 saturated heterocycles. The van der Waals surface area contributed by atoms with E-state index in [4.69, 9.17) is 5.26 Å². The fourth-order valence-electron chi connectivity index (χ4n) is 3.38. The van der Waals surface area contributed by atoms with Crippen molar-refractivity contribution in [2.24, 2.45) is 0 Å². The van der Waals surface area contributed by atoms with E-state index in [1.807, 2.05) is 0 Å². The summed E-state index contributed by atoms with van der Waals surface area (Å²) in [6.45, 7) is 6.33. The molecule has 6 nitrogen and oxygen atoms in total. The van der Waals surface area contributed by atoms with Gasteiger partial charge in [0.1, 0.15) is 6.07 Å². The van der Waals surface area contributed by atoms with E-state index in [9.17, 15) is 0 Å². The lowest BCUT2D eigenvalue weighted by Gasteiger charge is -2.42. The molecule has 2 aliphatic rings. The van der Waals surface area contributed by atoms with E-state index in [0.717, 1.165) is 32.0 Å². The zero-order valence-electron chi connectivity index (χ0n) is 12.6. The topological polar surface area (TPSA) is 59.3 Å². The van der Waals surface area contributed by atoms with Crippen molar-refractivity contribution < 1.29 is 0 Å². The summed E-state index contributed by atoms with van der Waals surface area (Å²) in [5, 5.41) is 9.14. The monoisotopic (exact) mass is 286 g/mol. The molecule has 0 aliphatic carbocycles. The van der Waals surface area contributed by atoms with Crippen molar-refractivity contribution in [2.75, 3.05) is 51.2 Å². The van der Waals surface area contributed by atoms with Crippen LogP contribution in [0.2, 0.25) is 0 Å². The molecule has 3 heterocycles. The minimum absolute atomic E-state index is 0.434. The fraction of sp³-hybridized carbons (Fsp3) is 0.667. The first-order valence-corrected chi connectivity index (χ1v) is 7.66. The first kappa shape index (κ1) is 14.2. The van der Waals surface area contributed by atoms with Gasteiger partial charge in [-0.1, -0.05) is 0 Å². The van der Waals surface area contributed by atoms with E-state index in [0.29, 0.717) is 11.7 Å². The summed E-state index contributed by atoms with van der Waals surface area (Å²) in [6.07, 6.45) is 5.85. The number of nitrogens with zero attached hydrogens (tertiary/aromatic N) is 6. The van der Waals surface area contributed by atoms with Crippen molar-refractivity contribution in [2.45, 2.75) is 18.9 Å². The van der Waals surface area contributed by atoms with Crippen LogP contribution >= 0.6 is 0 Å². The van der Waals surface area contributed by atoms with Crippen molar-refractivity contribution >= 4 is 5.82 Å². The second kappa shape index (κ2) is 6.37. The summed E-state index contributed by atoms with van der Waals surface area (Å²) in [4.78, 5) is 15.7. The SMILES string of the molecule is CN1CCCC(N2CCN(c3nccnc3C#N)CC2)C1. The maximum absolute atomic E-state index is 9.14. The van der Waals surface area contributed by atoms with Gasteiger partial charge in [0.25, 0.3) is 0 Å². The van der Waals surface area contributed by atoms with Gasteiger partial charge in [-0.05, 0) is 26.4 Å². The van der Waals surface area contributed by atoms with Gasteiger partial charge in [0.15, 0.2) is 11.5 Å². The van der Waals surface area contributed by atoms with Crippen molar-refractivity contribution in [3.05, 3.63) is 18.1 Å². The molecule has 1 atom stereocenters. The Labute approximate surface area is 126 Å². The van der Waals surface area contributed by atoms with Crippen molar-refractivity contribution in [3.63, 3.8) is 0 Å². The van der Waals surface area contributed by atoms with Crippen LogP contribution in [0, 0.1) is 11.3 Å². The molecule has 0 aromatic carbocycles. The quantitative estimate of drug-likeness (QED) is 0.792. The van der Waals surface area contributed by atoms with E-state index in [1.165, 1.54) is 25.9 Å². The van der Waals surface area contributed by atoms with Crippen molar-refractivity contribution in [1.82, 2.24) is 19.8 Å². The van der Waals surface area contributed by atoms with E-state index >= 15 is 0 Å². The summed E-state index contributed by atoms with van der Waals surface area (Å²) in [6, 6.07) is 2.82. The minimum atomic E-state index is 0.434. The van der Waals surface area contributed by atoms with Crippen LogP contribution in [-0.4, -0.2) is 72.1 Å². The number of rotatable bonds is 2. The number of hydrogen-bond acceptors (Lipinski definition) is 6. The maximum atomic E-state index is 9.14. The van der Waals surface area contributed by atoms with E-state index in [-0.39, 0.29) is 0 Å². The number of likely N-dealkylation sites (N-methyl/N-ethyl adjacent to an activating group) is 1. The molecule has 6 heteroatoms. The Morgan fingerprint density at radius 1 is 1.14 bits per heavy atom. The molecule has 0 bridgehead atoms. The minimum Gasteiger partial charge on any atom is -0.352 e. The predicted octanol–water partition coefficient (Wildman–Crippen LogP) is 0.564. The fourth-order valence-corrected chi connectivity index (χ4v) is 3.38. The van der Waals surface area contributed by atoms with Crippen molar-refractivity contribution in [1.29, 1.82) is 5.26 Å². The highest BCUT2D eigenvalue weighted by Crippen LogP contribution is 2.20. The molecule has 2 aliphatic heterocycles. The van der Waals surface area contributed by atoms with E-state index < -0.39 is 0 Å². The molecule has 112 valence electrons. The van der Waals surface area contributed by atoms with Gasteiger partial charge in [-0.3, -0.25) is 4.90 Å². The molecule has 21 heavy (non-hydrogen) atoms. The molecule has 3 rings (SSSR count). The third-order valence-electron chi connectivity index (χ3n) is 4.51. The maximum Gasteiger partial charge on any atom is 0.183 e. The Bertz CT molecular complexity index is 517. The first-order chi connectivity index (χ1) is 10.3. The second-order valence-corrected chi connectivity index (χ2v) is 5.92. The Hall–Kier alpha value is -1.71. The van der Waals surface area contributed by atoms with Crippen LogP contribution in [0.1, 0.15) is 18.5 Å². The Morgan fingerprint density at radius 3 is 2.62 bits per heavy atom. The lowest BCUT2D eigenvalue weighted by atomic mass is 10.0. The third kappa shape index (κ3) is 3.14. The highest BCUT2D eigenvalue weighted by Gasteiger charge is 2.28. The molecule has 0 amide bonds. The third-order valence-corrected chi connectivity index (χ3v) is 4.51.